The number of benzene rings is 1. The number of likely N-dealkylation sites (N-methyl/N-ethyl adjacent to an activating group) is 1. The number of Topliss-reactive ketones (excluding diaryl/α,β-unsaturated/α-hetero) is 2. The highest BCUT2D eigenvalue weighted by molar-refractivity contribution is 6.28. The van der Waals surface area contributed by atoms with E-state index in [9.17, 15) is 29.7 Å². The van der Waals surface area contributed by atoms with Crippen LogP contribution >= 0.6 is 0 Å². The average Bonchev–Trinajstić information content (AvgIpc) is 2.67. The van der Waals surface area contributed by atoms with Crippen molar-refractivity contribution >= 4 is 23.2 Å². The van der Waals surface area contributed by atoms with Crippen molar-refractivity contribution < 1.29 is 29.7 Å². The Balaban J connectivity index is 1.97. The second kappa shape index (κ2) is 6.78. The third kappa shape index (κ3) is 2.50. The summed E-state index contributed by atoms with van der Waals surface area (Å²) in [7, 11) is 3.23. The highest BCUT2D eigenvalue weighted by Crippen LogP contribution is 2.52. The van der Waals surface area contributed by atoms with Gasteiger partial charge in [-0.05, 0) is 25.6 Å². The van der Waals surface area contributed by atoms with E-state index in [1.165, 1.54) is 0 Å². The molecule has 3 aliphatic rings. The van der Waals surface area contributed by atoms with E-state index in [2.05, 4.69) is 0 Å². The van der Waals surface area contributed by atoms with E-state index in [1.54, 1.807) is 31.1 Å². The first-order valence-corrected chi connectivity index (χ1v) is 9.77. The minimum atomic E-state index is -1.42. The lowest BCUT2D eigenvalue weighted by molar-refractivity contribution is -0.143. The van der Waals surface area contributed by atoms with Crippen LogP contribution in [0.4, 0.5) is 0 Å². The van der Waals surface area contributed by atoms with Crippen molar-refractivity contribution in [3.63, 3.8) is 0 Å². The van der Waals surface area contributed by atoms with E-state index in [1.807, 2.05) is 19.1 Å². The van der Waals surface area contributed by atoms with Crippen LogP contribution in [-0.2, 0) is 14.4 Å². The fourth-order valence-electron chi connectivity index (χ4n) is 5.49. The number of hydrogen-bond acceptors (Lipinski definition) is 7. The molecule has 0 saturated heterocycles. The van der Waals surface area contributed by atoms with Gasteiger partial charge in [0, 0.05) is 23.0 Å². The van der Waals surface area contributed by atoms with Crippen molar-refractivity contribution in [1.29, 1.82) is 0 Å². The number of aliphatic hydroxyl groups is 3. The maximum atomic E-state index is 13.5. The van der Waals surface area contributed by atoms with Gasteiger partial charge in [0.2, 0.25) is 0 Å². The lowest BCUT2D eigenvalue weighted by Crippen LogP contribution is -2.61. The summed E-state index contributed by atoms with van der Waals surface area (Å²) in [5, 5.41) is 33.0. The fraction of sp³-hybridized carbons (Fsp3) is 0.409. The van der Waals surface area contributed by atoms with Crippen molar-refractivity contribution in [3.8, 4) is 0 Å². The fourth-order valence-corrected chi connectivity index (χ4v) is 5.49. The molecule has 3 aliphatic carbocycles. The number of hydrogen-bond donors (Lipinski definition) is 4. The summed E-state index contributed by atoms with van der Waals surface area (Å²) < 4.78 is 0. The molecule has 4 rings (SSSR count). The Morgan fingerprint density at radius 3 is 2.33 bits per heavy atom. The van der Waals surface area contributed by atoms with E-state index >= 15 is 0 Å². The predicted molar refractivity (Wildman–Crippen MR) is 107 cm³/mol. The first kappa shape index (κ1) is 20.3. The van der Waals surface area contributed by atoms with E-state index < -0.39 is 58.7 Å². The molecule has 1 aromatic carbocycles. The second-order valence-corrected chi connectivity index (χ2v) is 8.47. The molecule has 0 radical (unpaired) electrons. The van der Waals surface area contributed by atoms with Crippen LogP contribution in [0.2, 0.25) is 0 Å². The van der Waals surface area contributed by atoms with Crippen molar-refractivity contribution in [2.45, 2.75) is 25.0 Å². The maximum absolute atomic E-state index is 13.5. The summed E-state index contributed by atoms with van der Waals surface area (Å²) >= 11 is 0. The zero-order chi connectivity index (χ0) is 22.1. The minimum absolute atomic E-state index is 0.00832. The number of ketones is 2. The molecule has 6 atom stereocenters. The molecule has 0 spiro atoms. The minimum Gasteiger partial charge on any atom is -0.510 e. The number of carbonyl (C=O) groups excluding carboxylic acids is 3. The van der Waals surface area contributed by atoms with E-state index in [-0.39, 0.29) is 17.3 Å². The van der Waals surface area contributed by atoms with E-state index in [0.29, 0.717) is 5.56 Å². The summed E-state index contributed by atoms with van der Waals surface area (Å²) in [5.74, 6) is -6.97. The Morgan fingerprint density at radius 2 is 1.73 bits per heavy atom. The van der Waals surface area contributed by atoms with Gasteiger partial charge in [0.05, 0.1) is 18.1 Å². The van der Waals surface area contributed by atoms with E-state index in [4.69, 9.17) is 5.73 Å². The molecule has 158 valence electrons. The monoisotopic (exact) mass is 412 g/mol. The zero-order valence-corrected chi connectivity index (χ0v) is 16.9. The van der Waals surface area contributed by atoms with Crippen LogP contribution in [0.5, 0.6) is 0 Å². The Kier molecular flexibility index (Phi) is 4.59. The normalized spacial score (nSPS) is 33.4. The summed E-state index contributed by atoms with van der Waals surface area (Å²) in [4.78, 5) is 40.1. The zero-order valence-electron chi connectivity index (χ0n) is 16.9. The molecular weight excluding hydrogens is 388 g/mol. The van der Waals surface area contributed by atoms with Crippen LogP contribution in [-0.4, -0.2) is 63.9 Å². The number of nitrogens with two attached hydrogens (primary N) is 1. The average molecular weight is 412 g/mol. The standard InChI is InChI=1S/C22H24N2O6/c1-8-9-6-4-5-7-10(9)17(25)13-11(8)18(26)12-14(19(13)27)20(28)15(22(23)30)21(29)16(12)24(2)3/h4-8,11-12,14,16,18,25-26,29H,1-3H3,(H2,23,30). The quantitative estimate of drug-likeness (QED) is 0.413. The molecule has 5 N–H and O–H groups in total. The number of rotatable bonds is 2. The van der Waals surface area contributed by atoms with E-state index in [0.717, 1.165) is 5.56 Å². The summed E-state index contributed by atoms with van der Waals surface area (Å²) in [6.07, 6.45) is -1.22. The van der Waals surface area contributed by atoms with Crippen LogP contribution in [0.1, 0.15) is 24.0 Å². The highest BCUT2D eigenvalue weighted by Gasteiger charge is 2.60. The second-order valence-electron chi connectivity index (χ2n) is 8.47. The highest BCUT2D eigenvalue weighted by atomic mass is 16.3. The van der Waals surface area contributed by atoms with Gasteiger partial charge in [-0.15, -0.1) is 0 Å². The first-order valence-electron chi connectivity index (χ1n) is 9.77. The Labute approximate surface area is 173 Å². The van der Waals surface area contributed by atoms with Gasteiger partial charge < -0.3 is 21.1 Å². The molecule has 1 saturated carbocycles. The molecule has 1 fully saturated rings. The molecule has 8 heteroatoms. The largest absolute Gasteiger partial charge is 0.510 e. The molecule has 6 unspecified atom stereocenters. The predicted octanol–water partition coefficient (Wildman–Crippen LogP) is 0.675. The number of carbonyl (C=O) groups is 3. The Bertz CT molecular complexity index is 1040. The molecule has 1 aromatic rings. The topological polar surface area (TPSA) is 141 Å². The summed E-state index contributed by atoms with van der Waals surface area (Å²) in [5.41, 5.74) is 5.96. The maximum Gasteiger partial charge on any atom is 0.255 e. The van der Waals surface area contributed by atoms with Gasteiger partial charge in [-0.2, -0.15) is 0 Å². The Hall–Kier alpha value is -2.97. The van der Waals surface area contributed by atoms with Gasteiger partial charge >= 0.3 is 0 Å². The van der Waals surface area contributed by atoms with Crippen LogP contribution in [0.15, 0.2) is 41.2 Å². The lowest BCUT2D eigenvalue weighted by Gasteiger charge is -2.50. The third-order valence-corrected chi connectivity index (χ3v) is 6.76. The smallest absolute Gasteiger partial charge is 0.255 e. The van der Waals surface area contributed by atoms with Gasteiger partial charge in [0.15, 0.2) is 11.6 Å². The molecule has 8 nitrogen and oxygen atoms in total. The summed E-state index contributed by atoms with van der Waals surface area (Å²) in [6, 6.07) is 6.10. The van der Waals surface area contributed by atoms with Gasteiger partial charge in [-0.3, -0.25) is 19.3 Å². The van der Waals surface area contributed by atoms with Crippen molar-refractivity contribution in [3.05, 3.63) is 52.3 Å². The number of nitrogens with zero attached hydrogens (tertiary/aromatic N) is 1. The van der Waals surface area contributed by atoms with Crippen molar-refractivity contribution in [2.75, 3.05) is 14.1 Å². The first-order chi connectivity index (χ1) is 14.1. The molecule has 0 aliphatic heterocycles. The SMILES string of the molecule is CC1c2ccccc2C(O)=C2C(=O)C3C(=O)C(C(N)=O)=C(O)C(N(C)C)C3C(O)C21. The summed E-state index contributed by atoms with van der Waals surface area (Å²) in [6.45, 7) is 1.85. The van der Waals surface area contributed by atoms with Gasteiger partial charge in [0.25, 0.3) is 5.91 Å². The van der Waals surface area contributed by atoms with Crippen LogP contribution in [0, 0.1) is 17.8 Å². The van der Waals surface area contributed by atoms with Crippen LogP contribution in [0.25, 0.3) is 5.76 Å². The number of fused-ring (bicyclic) bond motifs is 3. The lowest BCUT2D eigenvalue weighted by atomic mass is 9.56. The number of aliphatic hydroxyl groups excluding tert-OH is 3. The number of amides is 1. The molecule has 0 bridgehead atoms. The molecular formula is C22H24N2O6. The number of primary amides is 1. The van der Waals surface area contributed by atoms with Gasteiger partial charge in [-0.25, -0.2) is 0 Å². The van der Waals surface area contributed by atoms with Crippen molar-refractivity contribution in [2.24, 2.45) is 23.5 Å². The third-order valence-electron chi connectivity index (χ3n) is 6.76. The van der Waals surface area contributed by atoms with Gasteiger partial charge in [-0.1, -0.05) is 31.2 Å². The molecule has 1 amide bonds. The molecule has 0 heterocycles. The van der Waals surface area contributed by atoms with Gasteiger partial charge in [0.1, 0.15) is 17.1 Å². The van der Waals surface area contributed by atoms with Crippen molar-refractivity contribution in [1.82, 2.24) is 4.90 Å². The van der Waals surface area contributed by atoms with Crippen LogP contribution in [0.3, 0.4) is 0 Å². The molecule has 0 aromatic heterocycles. The Morgan fingerprint density at radius 1 is 1.10 bits per heavy atom. The van der Waals surface area contributed by atoms with Crippen LogP contribution < -0.4 is 5.73 Å². The molecule has 30 heavy (non-hydrogen) atoms.